The van der Waals surface area contributed by atoms with Crippen LogP contribution in [0.2, 0.25) is 0 Å². The average Bonchev–Trinajstić information content (AvgIpc) is 4.05. The number of amides is 2. The number of aromatic amines is 2. The lowest BCUT2D eigenvalue weighted by Gasteiger charge is -2.37. The molecular formula is C60H69N8O13P. The van der Waals surface area contributed by atoms with E-state index >= 15 is 0 Å². The molecule has 4 heterocycles. The number of rotatable bonds is 21. The molecule has 8 rings (SSSR count). The van der Waals surface area contributed by atoms with Crippen LogP contribution in [0.5, 0.6) is 0 Å². The minimum absolute atomic E-state index is 0.00581. The van der Waals surface area contributed by atoms with E-state index in [0.717, 1.165) is 32.3 Å². The Bertz CT molecular complexity index is 3680. The van der Waals surface area contributed by atoms with Gasteiger partial charge in [-0.25, -0.2) is 20.8 Å². The number of aromatic nitrogens is 4. The summed E-state index contributed by atoms with van der Waals surface area (Å²) in [7, 11) is -1.53. The first kappa shape index (κ1) is 62.0. The van der Waals surface area contributed by atoms with Gasteiger partial charge >= 0.3 is 11.4 Å². The molecule has 6 aromatic rings. The van der Waals surface area contributed by atoms with Crippen LogP contribution in [0.3, 0.4) is 0 Å². The van der Waals surface area contributed by atoms with Gasteiger partial charge in [-0.2, -0.15) is 0 Å². The fourth-order valence-corrected chi connectivity index (χ4v) is 11.7. The number of Topliss-reactive ketones (excluding diaryl/α,β-unsaturated/α-hetero) is 2. The molecule has 22 heteroatoms. The Labute approximate surface area is 475 Å². The zero-order valence-corrected chi connectivity index (χ0v) is 47.9. The van der Waals surface area contributed by atoms with Crippen LogP contribution in [-0.2, 0) is 32.9 Å². The second-order valence-corrected chi connectivity index (χ2v) is 21.9. The van der Waals surface area contributed by atoms with E-state index in [-0.39, 0.29) is 117 Å². The largest absolute Gasteiger partial charge is 0.390 e. The Hall–Kier alpha value is -7.64. The summed E-state index contributed by atoms with van der Waals surface area (Å²) in [5.74, 6) is 9.94. The number of nitrogens with zero attached hydrogens (tertiary/aromatic N) is 4. The van der Waals surface area contributed by atoms with Gasteiger partial charge in [-0.05, 0) is 79.8 Å². The summed E-state index contributed by atoms with van der Waals surface area (Å²) in [6.45, 7) is 21.0. The predicted octanol–water partition coefficient (Wildman–Crippen LogP) is 6.36. The standard InChI is InChI=1S/C42H46N5O7P.C18H23N3O6/c1-7-35-36(54-55(52-23-22-43-6)47(26(2)3)27(4)5)24-38(53-35)46-25-31(41(50)45-42(46)51)12-9-21-44-37(49)20-19-34(48)32-17-15-30-14-13-28-10-8-11-29-16-18-33(32)40(30)39(28)29;1-3-14-13(23)9-16(27-14)21-10-12(17(25)20-18(21)26)5-4-8-19-15(24)7-6-11(2)22/h8,10-11,13-18,25-27,35-36,38H,7,19-24H2,1-5H3,(H,44,49)(H,45,50,51);10,13-14,16,23H,3,6-9H2,1-2H3,(H,19,24)(H,20,25,26)/t35-,36+,38?,55?;13-,14+,16?/m10/s1. The van der Waals surface area contributed by atoms with E-state index in [1.165, 1.54) is 28.5 Å². The van der Waals surface area contributed by atoms with Gasteiger partial charge in [0.25, 0.3) is 19.6 Å². The van der Waals surface area contributed by atoms with Gasteiger partial charge in [0.15, 0.2) is 5.78 Å². The van der Waals surface area contributed by atoms with E-state index in [9.17, 15) is 43.5 Å². The van der Waals surface area contributed by atoms with E-state index in [1.54, 1.807) is 0 Å². The zero-order valence-electron chi connectivity index (χ0n) is 47.0. The highest BCUT2D eigenvalue weighted by Gasteiger charge is 2.41. The van der Waals surface area contributed by atoms with Crippen LogP contribution >= 0.6 is 8.53 Å². The number of nitrogens with one attached hydrogen (secondary N) is 4. The van der Waals surface area contributed by atoms with Crippen molar-refractivity contribution in [1.29, 1.82) is 0 Å². The maximum Gasteiger partial charge on any atom is 0.330 e. The number of carbonyl (C=O) groups excluding carboxylic acids is 4. The molecule has 5 N–H and O–H groups in total. The fourth-order valence-electron chi connectivity index (χ4n) is 9.95. The third-order valence-corrected chi connectivity index (χ3v) is 16.1. The van der Waals surface area contributed by atoms with Gasteiger partial charge in [-0.1, -0.05) is 92.1 Å². The van der Waals surface area contributed by atoms with Crippen molar-refractivity contribution < 1.29 is 42.8 Å². The minimum atomic E-state index is -1.53. The van der Waals surface area contributed by atoms with Crippen molar-refractivity contribution in [1.82, 2.24) is 34.4 Å². The highest BCUT2D eigenvalue weighted by Crippen LogP contribution is 2.50. The van der Waals surface area contributed by atoms with Crippen molar-refractivity contribution in [2.45, 2.75) is 149 Å². The van der Waals surface area contributed by atoms with Crippen LogP contribution in [0.1, 0.15) is 134 Å². The van der Waals surface area contributed by atoms with Crippen molar-refractivity contribution >= 4 is 64.2 Å². The first-order valence-electron chi connectivity index (χ1n) is 27.4. The monoisotopic (exact) mass is 1140 g/mol. The lowest BCUT2D eigenvalue weighted by Crippen LogP contribution is -2.36. The number of ketones is 2. The lowest BCUT2D eigenvalue weighted by atomic mass is 9.90. The maximum absolute atomic E-state index is 13.4. The van der Waals surface area contributed by atoms with Crippen LogP contribution in [0, 0.1) is 30.3 Å². The molecule has 3 unspecified atom stereocenters. The van der Waals surface area contributed by atoms with E-state index < -0.39 is 55.7 Å². The van der Waals surface area contributed by atoms with Crippen LogP contribution in [0.4, 0.5) is 0 Å². The van der Waals surface area contributed by atoms with Crippen LogP contribution < -0.4 is 33.1 Å². The molecule has 0 aliphatic carbocycles. The minimum Gasteiger partial charge on any atom is -0.390 e. The third kappa shape index (κ3) is 15.5. The van der Waals surface area contributed by atoms with Gasteiger partial charge in [0.05, 0.1) is 37.5 Å². The normalized spacial score (nSPS) is 18.9. The maximum atomic E-state index is 13.4. The van der Waals surface area contributed by atoms with Crippen LogP contribution in [0.25, 0.3) is 37.2 Å². The van der Waals surface area contributed by atoms with Crippen molar-refractivity contribution in [3.05, 3.63) is 137 Å². The molecule has 2 amide bonds. The Morgan fingerprint density at radius 1 is 0.756 bits per heavy atom. The average molecular weight is 1140 g/mol. The van der Waals surface area contributed by atoms with Crippen LogP contribution in [0.15, 0.2) is 86.2 Å². The number of carbonyl (C=O) groups is 4. The Morgan fingerprint density at radius 2 is 1.28 bits per heavy atom. The molecule has 21 nitrogen and oxygen atoms in total. The molecular weight excluding hydrogens is 1070 g/mol. The number of aliphatic hydroxyl groups excluding tert-OH is 1. The SMILES string of the molecule is CC[C@H]1OC(n2cc(C#CCNC(=O)CCC(C)=O)c(=O)[nH]c2=O)C[C@@H]1O.[C-]#[N+]CCOP(O[C@H]1CC(n2cc(C#CCNC(=O)CCC(=O)c3ccc4ccc5cccc6ccc3c4c56)c(=O)[nH]c2=O)O[C@@H]1CC)N(C(C)C)C(C)C. The first-order chi connectivity index (χ1) is 39.3. The van der Waals surface area contributed by atoms with Gasteiger partial charge < -0.3 is 43.9 Å². The molecule has 0 spiro atoms. The van der Waals surface area contributed by atoms with Crippen molar-refractivity contribution in [2.24, 2.45) is 0 Å². The highest BCUT2D eigenvalue weighted by molar-refractivity contribution is 7.44. The Kier molecular flexibility index (Phi) is 21.8. The number of aliphatic hydroxyl groups is 1. The zero-order chi connectivity index (χ0) is 59.2. The lowest BCUT2D eigenvalue weighted by molar-refractivity contribution is -0.124. The molecule has 432 valence electrons. The molecule has 0 radical (unpaired) electrons. The molecule has 0 bridgehead atoms. The number of H-pyrrole nitrogens is 2. The number of ether oxygens (including phenoxy) is 2. The first-order valence-corrected chi connectivity index (χ1v) is 28.6. The molecule has 2 saturated heterocycles. The quantitative estimate of drug-likeness (QED) is 0.0131. The second kappa shape index (κ2) is 28.9. The van der Waals surface area contributed by atoms with E-state index in [0.29, 0.717) is 24.8 Å². The molecule has 0 saturated carbocycles. The van der Waals surface area contributed by atoms with E-state index in [1.807, 2.05) is 44.2 Å². The summed E-state index contributed by atoms with van der Waals surface area (Å²) in [4.78, 5) is 106. The topological polar surface area (TPSA) is 267 Å². The summed E-state index contributed by atoms with van der Waals surface area (Å²) in [6.07, 6.45) is 1.51. The number of benzene rings is 4. The molecule has 2 aromatic heterocycles. The van der Waals surface area contributed by atoms with Crippen molar-refractivity contribution in [2.75, 3.05) is 26.2 Å². The molecule has 2 aliphatic rings. The number of hydrogen-bond donors (Lipinski definition) is 5. The highest BCUT2D eigenvalue weighted by atomic mass is 31.2. The van der Waals surface area contributed by atoms with Gasteiger partial charge in [0, 0.05) is 68.6 Å². The Balaban J connectivity index is 0.000000300. The summed E-state index contributed by atoms with van der Waals surface area (Å²) in [5, 5.41) is 21.5. The summed E-state index contributed by atoms with van der Waals surface area (Å²) < 4.78 is 29.2. The second-order valence-electron chi connectivity index (χ2n) is 20.4. The smallest absolute Gasteiger partial charge is 0.330 e. The summed E-state index contributed by atoms with van der Waals surface area (Å²) in [6, 6.07) is 18.3. The van der Waals surface area contributed by atoms with E-state index in [4.69, 9.17) is 25.1 Å². The molecule has 2 aliphatic heterocycles. The van der Waals surface area contributed by atoms with Gasteiger partial charge in [-0.15, -0.1) is 0 Å². The van der Waals surface area contributed by atoms with E-state index in [2.05, 4.69) is 106 Å². The summed E-state index contributed by atoms with van der Waals surface area (Å²) >= 11 is 0. The molecule has 4 aromatic carbocycles. The third-order valence-electron chi connectivity index (χ3n) is 13.9. The van der Waals surface area contributed by atoms with Crippen molar-refractivity contribution in [3.8, 4) is 23.7 Å². The predicted molar refractivity (Wildman–Crippen MR) is 311 cm³/mol. The molecule has 2 fully saturated rings. The molecule has 82 heavy (non-hydrogen) atoms. The van der Waals surface area contributed by atoms with Crippen molar-refractivity contribution in [3.63, 3.8) is 0 Å². The van der Waals surface area contributed by atoms with Gasteiger partial charge in [0.2, 0.25) is 18.4 Å². The van der Waals surface area contributed by atoms with Crippen LogP contribution in [-0.4, -0.2) is 115 Å². The summed E-state index contributed by atoms with van der Waals surface area (Å²) in [5.41, 5.74) is -1.91. The Morgan fingerprint density at radius 3 is 1.82 bits per heavy atom. The van der Waals surface area contributed by atoms with Gasteiger partial charge in [-0.3, -0.25) is 43.1 Å². The molecule has 7 atom stereocenters. The fraction of sp³-hybridized carbons (Fsp3) is 0.450. The van der Waals surface area contributed by atoms with Gasteiger partial charge in [0.1, 0.15) is 36.0 Å². The number of hydrogen-bond acceptors (Lipinski definition) is 14.